The third-order valence-electron chi connectivity index (χ3n) is 1.77. The van der Waals surface area contributed by atoms with Gasteiger partial charge >= 0.3 is 0 Å². The van der Waals surface area contributed by atoms with Crippen molar-refractivity contribution in [3.05, 3.63) is 24.1 Å². The predicted molar refractivity (Wildman–Crippen MR) is 56.2 cm³/mol. The number of hydrogen-bond donors (Lipinski definition) is 1. The lowest BCUT2D eigenvalue weighted by atomic mass is 10.3. The number of oxazole rings is 1. The minimum absolute atomic E-state index is 0.700. The van der Waals surface area contributed by atoms with Crippen LogP contribution < -0.4 is 5.32 Å². The summed E-state index contributed by atoms with van der Waals surface area (Å²) >= 11 is 3.30. The van der Waals surface area contributed by atoms with Gasteiger partial charge < -0.3 is 9.73 Å². The number of nitrogens with one attached hydrogen (secondary N) is 1. The van der Waals surface area contributed by atoms with Gasteiger partial charge in [0, 0.05) is 18.7 Å². The van der Waals surface area contributed by atoms with E-state index in [1.54, 1.807) is 0 Å². The van der Waals surface area contributed by atoms with Crippen LogP contribution in [0.1, 0.15) is 5.89 Å². The van der Waals surface area contributed by atoms with Gasteiger partial charge in [0.2, 0.25) is 0 Å². The Morgan fingerprint density at radius 3 is 3.15 bits per heavy atom. The zero-order chi connectivity index (χ0) is 9.26. The van der Waals surface area contributed by atoms with Crippen LogP contribution in [0.15, 0.2) is 22.6 Å². The second-order valence-corrected chi connectivity index (χ2v) is 3.29. The fourth-order valence-corrected chi connectivity index (χ4v) is 1.55. The molecule has 0 aliphatic carbocycles. The smallest absolute Gasteiger partial charge is 0.192 e. The highest BCUT2D eigenvalue weighted by Crippen LogP contribution is 2.19. The molecule has 3 nitrogen and oxygen atoms in total. The third-order valence-corrected chi connectivity index (χ3v) is 2.05. The van der Waals surface area contributed by atoms with Crippen LogP contribution in [0.5, 0.6) is 0 Å². The number of rotatable bonds is 2. The molecule has 0 bridgehead atoms. The van der Waals surface area contributed by atoms with Gasteiger partial charge in [0.25, 0.3) is 0 Å². The van der Waals surface area contributed by atoms with E-state index in [0.717, 1.165) is 22.2 Å². The van der Waals surface area contributed by atoms with Gasteiger partial charge in [0.1, 0.15) is 5.52 Å². The van der Waals surface area contributed by atoms with E-state index in [0.29, 0.717) is 5.89 Å². The monoisotopic (exact) mass is 240 g/mol. The first-order valence-electron chi connectivity index (χ1n) is 3.96. The number of aromatic nitrogens is 1. The first-order chi connectivity index (χ1) is 6.29. The molecule has 0 fully saturated rings. The van der Waals surface area contributed by atoms with Crippen LogP contribution in [0.25, 0.3) is 11.1 Å². The summed E-state index contributed by atoms with van der Waals surface area (Å²) in [6, 6.07) is 5.86. The lowest BCUT2D eigenvalue weighted by molar-refractivity contribution is 0.561. The average molecular weight is 241 g/mol. The van der Waals surface area contributed by atoms with Gasteiger partial charge in [-0.25, -0.2) is 4.98 Å². The molecule has 68 valence electrons. The van der Waals surface area contributed by atoms with E-state index in [1.807, 2.05) is 25.1 Å². The minimum atomic E-state index is 0.700. The summed E-state index contributed by atoms with van der Waals surface area (Å²) < 4.78 is 5.39. The van der Waals surface area contributed by atoms with Crippen LogP contribution >= 0.6 is 15.9 Å². The van der Waals surface area contributed by atoms with Crippen molar-refractivity contribution in [2.24, 2.45) is 0 Å². The summed E-state index contributed by atoms with van der Waals surface area (Å²) in [6.07, 6.45) is 0. The highest BCUT2D eigenvalue weighted by molar-refractivity contribution is 9.09. The molecule has 0 spiro atoms. The Balaban J connectivity index is 2.48. The maximum Gasteiger partial charge on any atom is 0.192 e. The van der Waals surface area contributed by atoms with E-state index in [2.05, 4.69) is 26.2 Å². The van der Waals surface area contributed by atoms with Crippen LogP contribution in [-0.4, -0.2) is 10.4 Å². The molecule has 0 atom stereocenters. The van der Waals surface area contributed by atoms with E-state index in [-0.39, 0.29) is 0 Å². The first kappa shape index (κ1) is 8.56. The second-order valence-electron chi connectivity index (χ2n) is 2.73. The molecule has 0 amide bonds. The van der Waals surface area contributed by atoms with Crippen LogP contribution in [0.3, 0.4) is 0 Å². The lowest BCUT2D eigenvalue weighted by Crippen LogP contribution is -1.92. The maximum absolute atomic E-state index is 5.39. The maximum atomic E-state index is 5.39. The number of halogens is 1. The quantitative estimate of drug-likeness (QED) is 0.648. The van der Waals surface area contributed by atoms with Crippen molar-refractivity contribution < 1.29 is 4.42 Å². The van der Waals surface area contributed by atoms with Gasteiger partial charge in [-0.2, -0.15) is 0 Å². The first-order valence-corrected chi connectivity index (χ1v) is 5.09. The molecule has 1 N–H and O–H groups in total. The normalized spacial score (nSPS) is 10.6. The molecule has 0 unspecified atom stereocenters. The molecule has 1 aromatic carbocycles. The van der Waals surface area contributed by atoms with E-state index in [9.17, 15) is 0 Å². The van der Waals surface area contributed by atoms with Crippen molar-refractivity contribution >= 4 is 32.7 Å². The number of nitrogens with zero attached hydrogens (tertiary/aromatic N) is 1. The van der Waals surface area contributed by atoms with Crippen LogP contribution in [0, 0.1) is 6.92 Å². The summed E-state index contributed by atoms with van der Waals surface area (Å²) in [5.41, 5.74) is 3.48. The van der Waals surface area contributed by atoms with Gasteiger partial charge in [-0.05, 0) is 12.1 Å². The highest BCUT2D eigenvalue weighted by atomic mass is 79.9. The number of fused-ring (bicyclic) bond motifs is 1. The van der Waals surface area contributed by atoms with Crippen LogP contribution in [-0.2, 0) is 0 Å². The summed E-state index contributed by atoms with van der Waals surface area (Å²) in [5.74, 6) is 0.700. The van der Waals surface area contributed by atoms with Gasteiger partial charge in [-0.15, -0.1) is 0 Å². The standard InChI is InChI=1S/C9H9BrN2O/c1-6-12-8-3-2-7(11-5-10)4-9(8)13-6/h2-4,11H,5H2,1H3. The Morgan fingerprint density at radius 1 is 1.54 bits per heavy atom. The second kappa shape index (κ2) is 3.38. The van der Waals surface area contributed by atoms with Gasteiger partial charge in [-0.1, -0.05) is 15.9 Å². The highest BCUT2D eigenvalue weighted by Gasteiger charge is 2.01. The summed E-state index contributed by atoms with van der Waals surface area (Å²) in [7, 11) is 0. The Hall–Kier alpha value is -1.03. The SMILES string of the molecule is Cc1nc2ccc(NCBr)cc2o1. The minimum Gasteiger partial charge on any atom is -0.441 e. The molecule has 0 aliphatic heterocycles. The zero-order valence-corrected chi connectivity index (χ0v) is 8.76. The van der Waals surface area contributed by atoms with Crippen molar-refractivity contribution in [1.29, 1.82) is 0 Å². The third kappa shape index (κ3) is 1.67. The molecule has 2 aromatic rings. The number of anilines is 1. The Morgan fingerprint density at radius 2 is 2.38 bits per heavy atom. The van der Waals surface area contributed by atoms with Crippen molar-refractivity contribution in [3.8, 4) is 0 Å². The summed E-state index contributed by atoms with van der Waals surface area (Å²) in [4.78, 5) is 4.21. The number of aryl methyl sites for hydroxylation is 1. The van der Waals surface area contributed by atoms with Crippen LogP contribution in [0.2, 0.25) is 0 Å². The van der Waals surface area contributed by atoms with Gasteiger partial charge in [0.15, 0.2) is 11.5 Å². The lowest BCUT2D eigenvalue weighted by Gasteiger charge is -1.99. The fourth-order valence-electron chi connectivity index (χ4n) is 1.23. The molecule has 0 radical (unpaired) electrons. The van der Waals surface area contributed by atoms with E-state index in [4.69, 9.17) is 4.42 Å². The van der Waals surface area contributed by atoms with E-state index >= 15 is 0 Å². The van der Waals surface area contributed by atoms with Crippen molar-refractivity contribution in [2.75, 3.05) is 10.8 Å². The Kier molecular flexibility index (Phi) is 2.22. The molecular formula is C9H9BrN2O. The number of hydrogen-bond acceptors (Lipinski definition) is 3. The molecule has 0 saturated carbocycles. The van der Waals surface area contributed by atoms with Crippen molar-refractivity contribution in [2.45, 2.75) is 6.92 Å². The molecule has 1 aromatic heterocycles. The topological polar surface area (TPSA) is 38.1 Å². The van der Waals surface area contributed by atoms with Crippen molar-refractivity contribution in [3.63, 3.8) is 0 Å². The molecule has 0 aliphatic rings. The van der Waals surface area contributed by atoms with Crippen molar-refractivity contribution in [1.82, 2.24) is 4.98 Å². The molecule has 4 heteroatoms. The van der Waals surface area contributed by atoms with Crippen LogP contribution in [0.4, 0.5) is 5.69 Å². The Labute approximate surface area is 84.3 Å². The van der Waals surface area contributed by atoms with Gasteiger partial charge in [-0.3, -0.25) is 0 Å². The zero-order valence-electron chi connectivity index (χ0n) is 7.17. The molecule has 1 heterocycles. The largest absolute Gasteiger partial charge is 0.441 e. The predicted octanol–water partition coefficient (Wildman–Crippen LogP) is 2.90. The summed E-state index contributed by atoms with van der Waals surface area (Å²) in [6.45, 7) is 1.84. The van der Waals surface area contributed by atoms with E-state index < -0.39 is 0 Å². The summed E-state index contributed by atoms with van der Waals surface area (Å²) in [5, 5.41) is 3.14. The van der Waals surface area contributed by atoms with Gasteiger partial charge in [0.05, 0.1) is 5.45 Å². The number of alkyl halides is 1. The fraction of sp³-hybridized carbons (Fsp3) is 0.222. The average Bonchev–Trinajstić information content (AvgIpc) is 2.44. The molecule has 2 rings (SSSR count). The molecule has 0 saturated heterocycles. The van der Waals surface area contributed by atoms with E-state index in [1.165, 1.54) is 0 Å². The Bertz CT molecular complexity index is 424. The molecule has 13 heavy (non-hydrogen) atoms. The molecular weight excluding hydrogens is 232 g/mol. The number of benzene rings is 1.